The lowest BCUT2D eigenvalue weighted by Gasteiger charge is -2.06. The normalized spacial score (nSPS) is 9.76. The van der Waals surface area contributed by atoms with Crippen molar-refractivity contribution in [3.05, 3.63) is 29.8 Å². The Morgan fingerprint density at radius 3 is 2.76 bits per heavy atom. The molecule has 0 aliphatic rings. The van der Waals surface area contributed by atoms with Gasteiger partial charge < -0.3 is 15.4 Å². The third-order valence-corrected chi connectivity index (χ3v) is 2.17. The highest BCUT2D eigenvalue weighted by atomic mass is 16.5. The van der Waals surface area contributed by atoms with Crippen molar-refractivity contribution in [1.82, 2.24) is 5.32 Å². The number of esters is 1. The Labute approximate surface area is 100 Å². The SMILES string of the molecule is CNCCC(=O)Nc1cccc(C(=O)OC)c1. The highest BCUT2D eigenvalue weighted by Crippen LogP contribution is 2.11. The third-order valence-electron chi connectivity index (χ3n) is 2.17. The van der Waals surface area contributed by atoms with Crippen molar-refractivity contribution in [2.24, 2.45) is 0 Å². The van der Waals surface area contributed by atoms with E-state index in [0.29, 0.717) is 24.2 Å². The molecule has 2 N–H and O–H groups in total. The van der Waals surface area contributed by atoms with E-state index in [1.54, 1.807) is 31.3 Å². The van der Waals surface area contributed by atoms with Gasteiger partial charge in [-0.3, -0.25) is 4.79 Å². The summed E-state index contributed by atoms with van der Waals surface area (Å²) in [6, 6.07) is 6.64. The minimum atomic E-state index is -0.420. The Kier molecular flexibility index (Phi) is 5.16. The van der Waals surface area contributed by atoms with Crippen LogP contribution in [0.3, 0.4) is 0 Å². The van der Waals surface area contributed by atoms with Gasteiger partial charge in [0.05, 0.1) is 12.7 Å². The summed E-state index contributed by atoms with van der Waals surface area (Å²) in [5, 5.41) is 5.60. The van der Waals surface area contributed by atoms with E-state index in [0.717, 1.165) is 0 Å². The van der Waals surface area contributed by atoms with Crippen LogP contribution in [0, 0.1) is 0 Å². The standard InChI is InChI=1S/C12H16N2O3/c1-13-7-6-11(15)14-10-5-3-4-9(8-10)12(16)17-2/h3-5,8,13H,6-7H2,1-2H3,(H,14,15). The molecule has 0 atom stereocenters. The summed E-state index contributed by atoms with van der Waals surface area (Å²) in [6.45, 7) is 0.614. The van der Waals surface area contributed by atoms with Gasteiger partial charge in [0.1, 0.15) is 0 Å². The maximum Gasteiger partial charge on any atom is 0.337 e. The van der Waals surface area contributed by atoms with Gasteiger partial charge in [0.2, 0.25) is 5.91 Å². The summed E-state index contributed by atoms with van der Waals surface area (Å²) in [5.41, 5.74) is 1.01. The topological polar surface area (TPSA) is 67.4 Å². The van der Waals surface area contributed by atoms with Crippen LogP contribution in [0.15, 0.2) is 24.3 Å². The second-order valence-corrected chi connectivity index (χ2v) is 3.47. The molecule has 1 rings (SSSR count). The molecule has 5 heteroatoms. The zero-order valence-corrected chi connectivity index (χ0v) is 9.95. The molecule has 0 aromatic heterocycles. The van der Waals surface area contributed by atoms with Crippen LogP contribution < -0.4 is 10.6 Å². The molecule has 0 unspecified atom stereocenters. The van der Waals surface area contributed by atoms with E-state index in [-0.39, 0.29) is 5.91 Å². The van der Waals surface area contributed by atoms with Gasteiger partial charge >= 0.3 is 5.97 Å². The number of carbonyl (C=O) groups is 2. The number of benzene rings is 1. The molecule has 92 valence electrons. The van der Waals surface area contributed by atoms with Crippen LogP contribution in [0.25, 0.3) is 0 Å². The van der Waals surface area contributed by atoms with Gasteiger partial charge in [-0.25, -0.2) is 4.79 Å². The average molecular weight is 236 g/mol. The summed E-state index contributed by atoms with van der Waals surface area (Å²) in [7, 11) is 3.10. The van der Waals surface area contributed by atoms with E-state index in [1.165, 1.54) is 7.11 Å². The van der Waals surface area contributed by atoms with Gasteiger partial charge in [-0.15, -0.1) is 0 Å². The van der Waals surface area contributed by atoms with Crippen LogP contribution in [0.5, 0.6) is 0 Å². The van der Waals surface area contributed by atoms with Crippen molar-refractivity contribution >= 4 is 17.6 Å². The first kappa shape index (κ1) is 13.2. The predicted molar refractivity (Wildman–Crippen MR) is 65.0 cm³/mol. The molecule has 0 bridgehead atoms. The van der Waals surface area contributed by atoms with Crippen molar-refractivity contribution in [2.45, 2.75) is 6.42 Å². The number of nitrogens with one attached hydrogen (secondary N) is 2. The van der Waals surface area contributed by atoms with Crippen molar-refractivity contribution < 1.29 is 14.3 Å². The number of amides is 1. The van der Waals surface area contributed by atoms with Crippen molar-refractivity contribution in [3.8, 4) is 0 Å². The number of hydrogen-bond donors (Lipinski definition) is 2. The maximum atomic E-state index is 11.5. The fourth-order valence-corrected chi connectivity index (χ4v) is 1.30. The molecule has 0 aliphatic heterocycles. The lowest BCUT2D eigenvalue weighted by Crippen LogP contribution is -2.18. The van der Waals surface area contributed by atoms with Crippen LogP contribution in [0.4, 0.5) is 5.69 Å². The van der Waals surface area contributed by atoms with Crippen LogP contribution >= 0.6 is 0 Å². The van der Waals surface area contributed by atoms with Crippen molar-refractivity contribution in [1.29, 1.82) is 0 Å². The van der Waals surface area contributed by atoms with E-state index >= 15 is 0 Å². The van der Waals surface area contributed by atoms with E-state index in [1.807, 2.05) is 0 Å². The Morgan fingerprint density at radius 2 is 2.12 bits per heavy atom. The average Bonchev–Trinajstić information content (AvgIpc) is 2.35. The number of hydrogen-bond acceptors (Lipinski definition) is 4. The van der Waals surface area contributed by atoms with Gasteiger partial charge in [-0.1, -0.05) is 6.07 Å². The van der Waals surface area contributed by atoms with Crippen LogP contribution in [0.1, 0.15) is 16.8 Å². The molecule has 0 heterocycles. The second-order valence-electron chi connectivity index (χ2n) is 3.47. The van der Waals surface area contributed by atoms with Crippen LogP contribution in [0.2, 0.25) is 0 Å². The Bertz CT molecular complexity index is 404. The number of methoxy groups -OCH3 is 1. The molecule has 0 radical (unpaired) electrons. The summed E-state index contributed by atoms with van der Waals surface area (Å²) >= 11 is 0. The minimum absolute atomic E-state index is 0.0960. The first-order valence-electron chi connectivity index (χ1n) is 5.30. The number of ether oxygens (including phenoxy) is 1. The predicted octanol–water partition coefficient (Wildman–Crippen LogP) is 1.02. The van der Waals surface area contributed by atoms with E-state index < -0.39 is 5.97 Å². The Hall–Kier alpha value is -1.88. The first-order valence-corrected chi connectivity index (χ1v) is 5.30. The van der Waals surface area contributed by atoms with Gasteiger partial charge in [-0.2, -0.15) is 0 Å². The number of anilines is 1. The van der Waals surface area contributed by atoms with Gasteiger partial charge in [0.25, 0.3) is 0 Å². The highest BCUT2D eigenvalue weighted by Gasteiger charge is 2.07. The minimum Gasteiger partial charge on any atom is -0.465 e. The van der Waals surface area contributed by atoms with Crippen LogP contribution in [-0.4, -0.2) is 32.6 Å². The molecule has 1 aromatic rings. The van der Waals surface area contributed by atoms with Crippen LogP contribution in [-0.2, 0) is 9.53 Å². The fraction of sp³-hybridized carbons (Fsp3) is 0.333. The zero-order valence-electron chi connectivity index (χ0n) is 9.95. The summed E-state index contributed by atoms with van der Waals surface area (Å²) in [4.78, 5) is 22.7. The maximum absolute atomic E-state index is 11.5. The molecule has 1 aromatic carbocycles. The molecule has 5 nitrogen and oxygen atoms in total. The van der Waals surface area contributed by atoms with Crippen molar-refractivity contribution in [2.75, 3.05) is 26.0 Å². The summed E-state index contributed by atoms with van der Waals surface area (Å²) < 4.78 is 4.60. The van der Waals surface area contributed by atoms with Gasteiger partial charge in [-0.05, 0) is 25.2 Å². The monoisotopic (exact) mass is 236 g/mol. The lowest BCUT2D eigenvalue weighted by atomic mass is 10.2. The molecular formula is C12H16N2O3. The van der Waals surface area contributed by atoms with E-state index in [2.05, 4.69) is 15.4 Å². The molecule has 17 heavy (non-hydrogen) atoms. The largest absolute Gasteiger partial charge is 0.465 e. The Morgan fingerprint density at radius 1 is 1.35 bits per heavy atom. The lowest BCUT2D eigenvalue weighted by molar-refractivity contribution is -0.116. The molecule has 0 aliphatic carbocycles. The highest BCUT2D eigenvalue weighted by molar-refractivity contribution is 5.94. The van der Waals surface area contributed by atoms with E-state index in [4.69, 9.17) is 0 Å². The molecule has 0 fully saturated rings. The summed E-state index contributed by atoms with van der Waals surface area (Å²) in [6.07, 6.45) is 0.388. The zero-order chi connectivity index (χ0) is 12.7. The quantitative estimate of drug-likeness (QED) is 0.749. The Balaban J connectivity index is 2.65. The molecule has 0 saturated carbocycles. The molecule has 0 saturated heterocycles. The third kappa shape index (κ3) is 4.24. The van der Waals surface area contributed by atoms with Crippen molar-refractivity contribution in [3.63, 3.8) is 0 Å². The molecule has 0 spiro atoms. The molecular weight excluding hydrogens is 220 g/mol. The second kappa shape index (κ2) is 6.65. The van der Waals surface area contributed by atoms with E-state index in [9.17, 15) is 9.59 Å². The molecule has 1 amide bonds. The first-order chi connectivity index (χ1) is 8.17. The fourth-order valence-electron chi connectivity index (χ4n) is 1.30. The number of rotatable bonds is 5. The van der Waals surface area contributed by atoms with Gasteiger partial charge in [0, 0.05) is 18.7 Å². The summed E-state index contributed by atoms with van der Waals surface area (Å²) in [5.74, 6) is -0.516. The smallest absolute Gasteiger partial charge is 0.337 e. The number of carbonyl (C=O) groups excluding carboxylic acids is 2. The van der Waals surface area contributed by atoms with Gasteiger partial charge in [0.15, 0.2) is 0 Å².